The zero-order valence-corrected chi connectivity index (χ0v) is 18.8. The summed E-state index contributed by atoms with van der Waals surface area (Å²) in [5.74, 6) is 1.14. The number of amides is 1. The second-order valence-electron chi connectivity index (χ2n) is 7.35. The first-order valence-electron chi connectivity index (χ1n) is 10.1. The molecular formula is C21H32N5O2S+. The highest BCUT2D eigenvalue weighted by Crippen LogP contribution is 2.22. The van der Waals surface area contributed by atoms with Gasteiger partial charge in [0.25, 0.3) is 0 Å². The van der Waals surface area contributed by atoms with Crippen LogP contribution in [0.3, 0.4) is 0 Å². The molecular weight excluding hydrogens is 386 g/mol. The summed E-state index contributed by atoms with van der Waals surface area (Å²) < 4.78 is 2.17. The Labute approximate surface area is 177 Å². The van der Waals surface area contributed by atoms with Crippen LogP contribution in [0, 0.1) is 0 Å². The van der Waals surface area contributed by atoms with E-state index in [9.17, 15) is 9.59 Å². The van der Waals surface area contributed by atoms with Gasteiger partial charge in [0.15, 0.2) is 16.8 Å². The van der Waals surface area contributed by atoms with Gasteiger partial charge in [0, 0.05) is 24.2 Å². The zero-order valence-electron chi connectivity index (χ0n) is 18.0. The third-order valence-electron chi connectivity index (χ3n) is 4.81. The highest BCUT2D eigenvalue weighted by molar-refractivity contribution is 7.99. The molecule has 1 atom stereocenters. The number of carbonyl (C=O) groups excluding carboxylic acids is 2. The maximum absolute atomic E-state index is 12.4. The number of quaternary nitrogens is 1. The van der Waals surface area contributed by atoms with Crippen molar-refractivity contribution in [1.82, 2.24) is 14.8 Å². The van der Waals surface area contributed by atoms with Crippen molar-refractivity contribution in [3.63, 3.8) is 0 Å². The molecule has 7 nitrogen and oxygen atoms in total. The number of hydrogen-bond acceptors (Lipinski definition) is 5. The number of ketones is 1. The second-order valence-corrected chi connectivity index (χ2v) is 8.30. The van der Waals surface area contributed by atoms with E-state index in [1.807, 2.05) is 0 Å². The topological polar surface area (TPSA) is 81.3 Å². The first-order valence-corrected chi connectivity index (χ1v) is 11.1. The van der Waals surface area contributed by atoms with Crippen molar-refractivity contribution in [2.75, 3.05) is 25.2 Å². The van der Waals surface area contributed by atoms with E-state index < -0.39 is 0 Å². The molecule has 0 bridgehead atoms. The monoisotopic (exact) mass is 418 g/mol. The van der Waals surface area contributed by atoms with Crippen LogP contribution >= 0.6 is 11.8 Å². The van der Waals surface area contributed by atoms with Gasteiger partial charge >= 0.3 is 0 Å². The van der Waals surface area contributed by atoms with Crippen LogP contribution in [-0.2, 0) is 11.3 Å². The van der Waals surface area contributed by atoms with Gasteiger partial charge in [-0.05, 0) is 37.6 Å². The number of Topliss-reactive ketones (excluding diaryl/α,β-unsaturated/α-hetero) is 1. The Morgan fingerprint density at radius 2 is 1.86 bits per heavy atom. The van der Waals surface area contributed by atoms with Crippen molar-refractivity contribution in [2.45, 2.75) is 57.8 Å². The summed E-state index contributed by atoms with van der Waals surface area (Å²) in [6.45, 7) is 6.71. The van der Waals surface area contributed by atoms with Crippen LogP contribution in [0.4, 0.5) is 5.69 Å². The van der Waals surface area contributed by atoms with Crippen molar-refractivity contribution in [2.24, 2.45) is 0 Å². The predicted molar refractivity (Wildman–Crippen MR) is 117 cm³/mol. The number of nitrogens with one attached hydrogen (secondary N) is 2. The minimum Gasteiger partial charge on any atom is -0.331 e. The highest BCUT2D eigenvalue weighted by Gasteiger charge is 2.25. The number of anilines is 1. The van der Waals surface area contributed by atoms with E-state index in [0.29, 0.717) is 11.3 Å². The van der Waals surface area contributed by atoms with E-state index in [2.05, 4.69) is 48.0 Å². The van der Waals surface area contributed by atoms with Gasteiger partial charge in [-0.2, -0.15) is 0 Å². The summed E-state index contributed by atoms with van der Waals surface area (Å²) in [5.41, 5.74) is 1.30. The quantitative estimate of drug-likeness (QED) is 0.433. The Bertz CT molecular complexity index is 817. The number of nitrogens with zero attached hydrogens (tertiary/aromatic N) is 3. The molecule has 0 saturated carbocycles. The summed E-state index contributed by atoms with van der Waals surface area (Å²) in [4.78, 5) is 25.0. The molecule has 0 aliphatic rings. The van der Waals surface area contributed by atoms with E-state index in [-0.39, 0.29) is 23.5 Å². The Morgan fingerprint density at radius 1 is 1.17 bits per heavy atom. The molecule has 1 aromatic carbocycles. The summed E-state index contributed by atoms with van der Waals surface area (Å²) in [6.07, 6.45) is 3.12. The molecule has 1 aromatic heterocycles. The Kier molecular flexibility index (Phi) is 8.85. The predicted octanol–water partition coefficient (Wildman–Crippen LogP) is 2.61. The first-order chi connectivity index (χ1) is 13.9. The molecule has 2 aromatic rings. The SMILES string of the molecule is CCCCn1c(SCC(=O)Nc2ccc(C(C)=O)cc2)nnc1[C@H](CC)[NH+](C)C. The lowest BCUT2D eigenvalue weighted by atomic mass is 10.1. The number of unbranched alkanes of at least 4 members (excludes halogenated alkanes) is 1. The van der Waals surface area contributed by atoms with E-state index in [0.717, 1.165) is 36.8 Å². The van der Waals surface area contributed by atoms with Crippen molar-refractivity contribution in [3.8, 4) is 0 Å². The summed E-state index contributed by atoms with van der Waals surface area (Å²) in [6, 6.07) is 7.20. The van der Waals surface area contributed by atoms with Gasteiger partial charge in [-0.3, -0.25) is 9.59 Å². The molecule has 1 amide bonds. The number of rotatable bonds is 11. The molecule has 1 heterocycles. The number of carbonyl (C=O) groups is 2. The van der Waals surface area contributed by atoms with Gasteiger partial charge in [-0.25, -0.2) is 0 Å². The number of benzene rings is 1. The standard InChI is InChI=1S/C21H31N5O2S/c1-6-8-13-26-20(18(7-2)25(4)5)23-24-21(26)29-14-19(28)22-17-11-9-16(10-12-17)15(3)27/h9-12,18H,6-8,13-14H2,1-5H3,(H,22,28)/p+1/t18-/m0/s1. The first kappa shape index (κ1) is 23.1. The molecule has 2 N–H and O–H groups in total. The van der Waals surface area contributed by atoms with Crippen molar-refractivity contribution in [1.29, 1.82) is 0 Å². The fourth-order valence-electron chi connectivity index (χ4n) is 3.16. The summed E-state index contributed by atoms with van der Waals surface area (Å²) in [7, 11) is 4.26. The highest BCUT2D eigenvalue weighted by atomic mass is 32.2. The number of thioether (sulfide) groups is 1. The van der Waals surface area contributed by atoms with Gasteiger partial charge in [0.2, 0.25) is 5.91 Å². The van der Waals surface area contributed by atoms with Crippen LogP contribution in [0.2, 0.25) is 0 Å². The van der Waals surface area contributed by atoms with Crippen molar-refractivity contribution < 1.29 is 14.5 Å². The average molecular weight is 419 g/mol. The molecule has 0 aliphatic heterocycles. The van der Waals surface area contributed by atoms with Crippen molar-refractivity contribution in [3.05, 3.63) is 35.7 Å². The molecule has 2 rings (SSSR count). The van der Waals surface area contributed by atoms with Gasteiger partial charge in [0.05, 0.1) is 19.8 Å². The Balaban J connectivity index is 2.05. The van der Waals surface area contributed by atoms with Gasteiger partial charge in [-0.15, -0.1) is 10.2 Å². The van der Waals surface area contributed by atoms with E-state index in [1.165, 1.54) is 23.6 Å². The summed E-state index contributed by atoms with van der Waals surface area (Å²) in [5, 5.41) is 12.5. The lowest BCUT2D eigenvalue weighted by Gasteiger charge is -2.20. The molecule has 0 spiro atoms. The number of hydrogen-bond donors (Lipinski definition) is 2. The van der Waals surface area contributed by atoms with Gasteiger partial charge < -0.3 is 14.8 Å². The molecule has 0 aliphatic carbocycles. The third kappa shape index (κ3) is 6.40. The molecule has 0 radical (unpaired) electrons. The van der Waals surface area contributed by atoms with Crippen LogP contribution in [0.25, 0.3) is 0 Å². The second kappa shape index (κ2) is 11.1. The molecule has 0 fully saturated rings. The molecule has 29 heavy (non-hydrogen) atoms. The maximum atomic E-state index is 12.4. The fourth-order valence-corrected chi connectivity index (χ4v) is 3.93. The van der Waals surface area contributed by atoms with E-state index >= 15 is 0 Å². The van der Waals surface area contributed by atoms with Crippen LogP contribution in [0.15, 0.2) is 29.4 Å². The lowest BCUT2D eigenvalue weighted by Crippen LogP contribution is -3.06. The molecule has 8 heteroatoms. The molecule has 158 valence electrons. The minimum absolute atomic E-state index is 0.00518. The normalized spacial score (nSPS) is 12.2. The largest absolute Gasteiger partial charge is 0.331 e. The smallest absolute Gasteiger partial charge is 0.234 e. The summed E-state index contributed by atoms with van der Waals surface area (Å²) >= 11 is 1.41. The van der Waals surface area contributed by atoms with Gasteiger partial charge in [0.1, 0.15) is 6.04 Å². The van der Waals surface area contributed by atoms with Crippen molar-refractivity contribution >= 4 is 29.1 Å². The lowest BCUT2D eigenvalue weighted by molar-refractivity contribution is -0.893. The van der Waals surface area contributed by atoms with Crippen LogP contribution < -0.4 is 10.2 Å². The molecule has 0 saturated heterocycles. The number of aromatic nitrogens is 3. The van der Waals surface area contributed by atoms with Gasteiger partial charge in [-0.1, -0.05) is 32.0 Å². The minimum atomic E-state index is -0.109. The fraction of sp³-hybridized carbons (Fsp3) is 0.524. The Morgan fingerprint density at radius 3 is 2.41 bits per heavy atom. The average Bonchev–Trinajstić information content (AvgIpc) is 3.07. The van der Waals surface area contributed by atoms with Crippen LogP contribution in [0.1, 0.15) is 62.3 Å². The zero-order chi connectivity index (χ0) is 21.4. The molecule has 0 unspecified atom stereocenters. The van der Waals surface area contributed by atoms with E-state index in [1.54, 1.807) is 24.3 Å². The third-order valence-corrected chi connectivity index (χ3v) is 5.77. The maximum Gasteiger partial charge on any atom is 0.234 e. The van der Waals surface area contributed by atoms with Crippen LogP contribution in [-0.4, -0.2) is 46.3 Å². The van der Waals surface area contributed by atoms with Crippen LogP contribution in [0.5, 0.6) is 0 Å². The van der Waals surface area contributed by atoms with E-state index in [4.69, 9.17) is 0 Å². The Hall–Kier alpha value is -2.19.